The maximum Gasteiger partial charge on any atom is 0.330 e. The number of carboxylic acid groups (broad SMARTS) is 1. The molecule has 3 rings (SSSR count). The number of hydrogen-bond donors (Lipinski definition) is 1. The number of hydrogen-bond acceptors (Lipinski definition) is 6. The van der Waals surface area contributed by atoms with Gasteiger partial charge in [-0.05, 0) is 47.4 Å². The lowest BCUT2D eigenvalue weighted by atomic mass is 10.1. The van der Waals surface area contributed by atoms with Gasteiger partial charge >= 0.3 is 11.9 Å². The molecule has 0 fully saturated rings. The summed E-state index contributed by atoms with van der Waals surface area (Å²) in [5, 5.41) is 8.84. The number of nitrogens with zero attached hydrogens (tertiary/aromatic N) is 2. The number of rotatable bonds is 6. The highest BCUT2D eigenvalue weighted by molar-refractivity contribution is 7.93. The van der Waals surface area contributed by atoms with Gasteiger partial charge in [-0.2, -0.15) is 0 Å². The molecule has 2 heterocycles. The average molecular weight is 414 g/mol. The molecular formula is C20H18N2O6S. The zero-order valence-corrected chi connectivity index (χ0v) is 16.3. The van der Waals surface area contributed by atoms with Crippen molar-refractivity contribution in [1.29, 1.82) is 0 Å². The Kier molecular flexibility index (Phi) is 5.79. The molecule has 150 valence electrons. The largest absolute Gasteiger partial charge is 0.478 e. The molecule has 0 unspecified atom stereocenters. The molecule has 0 aliphatic carbocycles. The highest BCUT2D eigenvalue weighted by Crippen LogP contribution is 2.33. The minimum absolute atomic E-state index is 0.00168. The predicted octanol–water partition coefficient (Wildman–Crippen LogP) is 2.12. The first-order chi connectivity index (χ1) is 13.8. The molecule has 29 heavy (non-hydrogen) atoms. The number of carboxylic acids is 1. The van der Waals surface area contributed by atoms with Gasteiger partial charge in [-0.25, -0.2) is 27.3 Å². The van der Waals surface area contributed by atoms with E-state index in [2.05, 4.69) is 9.72 Å². The van der Waals surface area contributed by atoms with Gasteiger partial charge in [0.15, 0.2) is 0 Å². The Hall–Kier alpha value is -3.46. The van der Waals surface area contributed by atoms with Crippen LogP contribution in [-0.2, 0) is 30.8 Å². The average Bonchev–Trinajstić information content (AvgIpc) is 3.14. The third kappa shape index (κ3) is 4.35. The number of anilines is 1. The van der Waals surface area contributed by atoms with Crippen molar-refractivity contribution in [3.05, 3.63) is 65.4 Å². The Morgan fingerprint density at radius 2 is 1.97 bits per heavy atom. The number of methoxy groups -OCH3 is 1. The van der Waals surface area contributed by atoms with Crippen molar-refractivity contribution >= 4 is 39.9 Å². The quantitative estimate of drug-likeness (QED) is 0.569. The molecule has 0 spiro atoms. The molecular weight excluding hydrogens is 396 g/mol. The van der Waals surface area contributed by atoms with Crippen molar-refractivity contribution in [2.75, 3.05) is 18.0 Å². The van der Waals surface area contributed by atoms with E-state index in [1.165, 1.54) is 41.9 Å². The van der Waals surface area contributed by atoms with E-state index >= 15 is 0 Å². The highest BCUT2D eigenvalue weighted by atomic mass is 32.2. The van der Waals surface area contributed by atoms with E-state index in [9.17, 15) is 18.0 Å². The van der Waals surface area contributed by atoms with Gasteiger partial charge in [0.05, 0.1) is 12.0 Å². The first-order valence-electron chi connectivity index (χ1n) is 8.60. The molecule has 1 aliphatic rings. The number of aromatic nitrogens is 1. The molecule has 1 N–H and O–H groups in total. The van der Waals surface area contributed by atoms with E-state index in [4.69, 9.17) is 5.11 Å². The summed E-state index contributed by atoms with van der Waals surface area (Å²) in [5.41, 5.74) is 1.67. The number of sulfonamides is 1. The van der Waals surface area contributed by atoms with Crippen LogP contribution in [0.3, 0.4) is 0 Å². The lowest BCUT2D eigenvalue weighted by molar-refractivity contribution is -0.135. The van der Waals surface area contributed by atoms with Crippen LogP contribution in [0, 0.1) is 0 Å². The Bertz CT molecular complexity index is 1120. The summed E-state index contributed by atoms with van der Waals surface area (Å²) in [6.45, 7) is 0.214. The van der Waals surface area contributed by atoms with E-state index in [-0.39, 0.29) is 17.0 Å². The van der Waals surface area contributed by atoms with E-state index < -0.39 is 22.0 Å². The van der Waals surface area contributed by atoms with Crippen molar-refractivity contribution in [2.24, 2.45) is 0 Å². The number of fused-ring (bicyclic) bond motifs is 1. The normalized spacial score (nSPS) is 13.8. The Morgan fingerprint density at radius 1 is 1.21 bits per heavy atom. The molecule has 1 aromatic heterocycles. The van der Waals surface area contributed by atoms with Crippen LogP contribution in [0.2, 0.25) is 0 Å². The molecule has 0 saturated carbocycles. The Labute approximate surface area is 167 Å². The van der Waals surface area contributed by atoms with Gasteiger partial charge in [0.2, 0.25) is 0 Å². The second-order valence-corrected chi connectivity index (χ2v) is 7.98. The maximum absolute atomic E-state index is 13.2. The van der Waals surface area contributed by atoms with Gasteiger partial charge in [-0.3, -0.25) is 0 Å². The first kappa shape index (κ1) is 20.3. The van der Waals surface area contributed by atoms with E-state index in [0.717, 1.165) is 11.6 Å². The number of esters is 1. The monoisotopic (exact) mass is 414 g/mol. The summed E-state index contributed by atoms with van der Waals surface area (Å²) in [6.07, 6.45) is 6.89. The summed E-state index contributed by atoms with van der Waals surface area (Å²) < 4.78 is 32.2. The third-order valence-electron chi connectivity index (χ3n) is 4.29. The van der Waals surface area contributed by atoms with Crippen LogP contribution in [0.15, 0.2) is 53.6 Å². The van der Waals surface area contributed by atoms with Gasteiger partial charge in [0.1, 0.15) is 5.82 Å². The van der Waals surface area contributed by atoms with Gasteiger partial charge in [0.25, 0.3) is 10.0 Å². The standard InChI is InChI=1S/C20H18N2O6S/c1-28-19(25)9-6-14-12-16-10-11-22(20(16)21-13-14)29(26,27)17-5-3-2-4-15(17)7-8-18(23)24/h2-9,12-13H,10-11H2,1H3,(H,23,24)/b8-7?,9-6+. The van der Waals surface area contributed by atoms with Crippen molar-refractivity contribution in [3.63, 3.8) is 0 Å². The van der Waals surface area contributed by atoms with Gasteiger partial charge in [0, 0.05) is 24.9 Å². The molecule has 0 bridgehead atoms. The van der Waals surface area contributed by atoms with Crippen LogP contribution in [0.25, 0.3) is 12.2 Å². The van der Waals surface area contributed by atoms with Crippen LogP contribution in [0.1, 0.15) is 16.7 Å². The smallest absolute Gasteiger partial charge is 0.330 e. The SMILES string of the molecule is COC(=O)/C=C/c1cnc2c(c1)CCN2S(=O)(=O)c1ccccc1C=CC(=O)O. The van der Waals surface area contributed by atoms with Crippen LogP contribution < -0.4 is 4.31 Å². The number of ether oxygens (including phenoxy) is 1. The molecule has 0 radical (unpaired) electrons. The topological polar surface area (TPSA) is 114 Å². The summed E-state index contributed by atoms with van der Waals surface area (Å²) in [4.78, 5) is 26.3. The van der Waals surface area contributed by atoms with Crippen molar-refractivity contribution in [2.45, 2.75) is 11.3 Å². The summed E-state index contributed by atoms with van der Waals surface area (Å²) >= 11 is 0. The van der Waals surface area contributed by atoms with Crippen LogP contribution in [-0.4, -0.2) is 44.1 Å². The van der Waals surface area contributed by atoms with Crippen molar-refractivity contribution in [3.8, 4) is 0 Å². The maximum atomic E-state index is 13.2. The Morgan fingerprint density at radius 3 is 2.69 bits per heavy atom. The van der Waals surface area contributed by atoms with Crippen LogP contribution >= 0.6 is 0 Å². The van der Waals surface area contributed by atoms with E-state index in [0.29, 0.717) is 17.8 Å². The molecule has 8 nitrogen and oxygen atoms in total. The minimum Gasteiger partial charge on any atom is -0.478 e. The number of benzene rings is 1. The van der Waals surface area contributed by atoms with Crippen molar-refractivity contribution < 1.29 is 27.9 Å². The van der Waals surface area contributed by atoms with Gasteiger partial charge in [-0.1, -0.05) is 18.2 Å². The second-order valence-electron chi connectivity index (χ2n) is 6.14. The Balaban J connectivity index is 1.95. The molecule has 9 heteroatoms. The molecule has 2 aromatic rings. The number of carbonyl (C=O) groups is 2. The summed E-state index contributed by atoms with van der Waals surface area (Å²) in [5.74, 6) is -1.35. The third-order valence-corrected chi connectivity index (χ3v) is 6.15. The fourth-order valence-corrected chi connectivity index (χ4v) is 4.59. The van der Waals surface area contributed by atoms with E-state index in [1.54, 1.807) is 24.3 Å². The molecule has 0 saturated heterocycles. The van der Waals surface area contributed by atoms with Crippen LogP contribution in [0.4, 0.5) is 5.82 Å². The molecule has 0 atom stereocenters. The lowest BCUT2D eigenvalue weighted by Crippen LogP contribution is -2.30. The number of carbonyl (C=O) groups excluding carboxylic acids is 1. The van der Waals surface area contributed by atoms with Gasteiger partial charge < -0.3 is 9.84 Å². The number of pyridine rings is 1. The van der Waals surface area contributed by atoms with Gasteiger partial charge in [-0.15, -0.1) is 0 Å². The zero-order valence-electron chi connectivity index (χ0n) is 15.5. The minimum atomic E-state index is -3.94. The molecule has 1 aromatic carbocycles. The van der Waals surface area contributed by atoms with Crippen molar-refractivity contribution in [1.82, 2.24) is 4.98 Å². The fraction of sp³-hybridized carbons (Fsp3) is 0.150. The lowest BCUT2D eigenvalue weighted by Gasteiger charge is -2.19. The summed E-state index contributed by atoms with van der Waals surface area (Å²) in [7, 11) is -2.66. The van der Waals surface area contributed by atoms with E-state index in [1.807, 2.05) is 0 Å². The van der Waals surface area contributed by atoms with Crippen LogP contribution in [0.5, 0.6) is 0 Å². The first-order valence-corrected chi connectivity index (χ1v) is 10.0. The zero-order chi connectivity index (χ0) is 21.0. The summed E-state index contributed by atoms with van der Waals surface area (Å²) in [6, 6.07) is 7.96. The predicted molar refractivity (Wildman–Crippen MR) is 107 cm³/mol. The fourth-order valence-electron chi connectivity index (χ4n) is 2.95. The second kappa shape index (κ2) is 8.27. The molecule has 0 amide bonds. The highest BCUT2D eigenvalue weighted by Gasteiger charge is 2.33. The number of aliphatic carboxylic acids is 1. The molecule has 1 aliphatic heterocycles.